The highest BCUT2D eigenvalue weighted by Crippen LogP contribution is 2.32. The number of esters is 1. The van der Waals surface area contributed by atoms with Gasteiger partial charge in [0.2, 0.25) is 6.79 Å². The summed E-state index contributed by atoms with van der Waals surface area (Å²) in [6.45, 7) is 0.653. The van der Waals surface area contributed by atoms with Gasteiger partial charge in [-0.25, -0.2) is 4.79 Å². The molecule has 0 saturated carbocycles. The zero-order chi connectivity index (χ0) is 15.8. The van der Waals surface area contributed by atoms with Gasteiger partial charge in [0.25, 0.3) is 5.91 Å². The number of rotatable bonds is 7. The van der Waals surface area contributed by atoms with Gasteiger partial charge in [-0.2, -0.15) is 0 Å². The van der Waals surface area contributed by atoms with Crippen molar-refractivity contribution in [3.8, 4) is 11.5 Å². The Morgan fingerprint density at radius 3 is 2.95 bits per heavy atom. The average molecular weight is 307 g/mol. The summed E-state index contributed by atoms with van der Waals surface area (Å²) in [5.41, 5.74) is 0.769. The smallest absolute Gasteiger partial charge is 0.331 e. The van der Waals surface area contributed by atoms with Crippen molar-refractivity contribution >= 4 is 18.0 Å². The molecule has 1 aliphatic heterocycles. The Balaban J connectivity index is 1.75. The molecule has 0 atom stereocenters. The second-order valence-corrected chi connectivity index (χ2v) is 4.40. The number of methoxy groups -OCH3 is 1. The highest BCUT2D eigenvalue weighted by molar-refractivity contribution is 5.89. The molecule has 2 rings (SSSR count). The summed E-state index contributed by atoms with van der Waals surface area (Å²) in [7, 11) is 1.53. The van der Waals surface area contributed by atoms with Crippen LogP contribution in [0.5, 0.6) is 11.5 Å². The zero-order valence-electron chi connectivity index (χ0n) is 12.2. The van der Waals surface area contributed by atoms with Crippen LogP contribution in [0, 0.1) is 0 Å². The van der Waals surface area contributed by atoms with Crippen LogP contribution in [-0.2, 0) is 19.1 Å². The third kappa shape index (κ3) is 4.78. The third-order valence-electron chi connectivity index (χ3n) is 2.78. The molecule has 1 amide bonds. The van der Waals surface area contributed by atoms with Crippen molar-refractivity contribution in [2.24, 2.45) is 0 Å². The van der Waals surface area contributed by atoms with E-state index in [1.807, 2.05) is 0 Å². The van der Waals surface area contributed by atoms with E-state index in [1.54, 1.807) is 24.3 Å². The molecule has 0 unspecified atom stereocenters. The number of carbonyl (C=O) groups is 2. The van der Waals surface area contributed by atoms with Gasteiger partial charge in [0.1, 0.15) is 0 Å². The summed E-state index contributed by atoms with van der Waals surface area (Å²) < 4.78 is 20.0. The first-order valence-corrected chi connectivity index (χ1v) is 6.69. The second-order valence-electron chi connectivity index (χ2n) is 4.40. The molecule has 1 aromatic carbocycles. The lowest BCUT2D eigenvalue weighted by Crippen LogP contribution is -2.31. The van der Waals surface area contributed by atoms with E-state index < -0.39 is 5.97 Å². The molecule has 0 spiro atoms. The molecule has 118 valence electrons. The highest BCUT2D eigenvalue weighted by atomic mass is 16.7. The van der Waals surface area contributed by atoms with Gasteiger partial charge in [0.15, 0.2) is 18.1 Å². The van der Waals surface area contributed by atoms with Crippen molar-refractivity contribution < 1.29 is 28.5 Å². The number of hydrogen-bond acceptors (Lipinski definition) is 6. The van der Waals surface area contributed by atoms with Crippen molar-refractivity contribution in [3.63, 3.8) is 0 Å². The fourth-order valence-electron chi connectivity index (χ4n) is 1.71. The van der Waals surface area contributed by atoms with Crippen LogP contribution in [0.25, 0.3) is 6.08 Å². The van der Waals surface area contributed by atoms with Crippen LogP contribution < -0.4 is 14.8 Å². The van der Waals surface area contributed by atoms with Crippen molar-refractivity contribution in [1.82, 2.24) is 5.32 Å². The topological polar surface area (TPSA) is 83.1 Å². The maximum atomic E-state index is 11.5. The van der Waals surface area contributed by atoms with E-state index in [0.29, 0.717) is 24.7 Å². The summed E-state index contributed by atoms with van der Waals surface area (Å²) in [5.74, 6) is 0.335. The Bertz CT molecular complexity index is 569. The molecule has 0 fully saturated rings. The molecule has 0 aromatic heterocycles. The molecule has 0 radical (unpaired) electrons. The summed E-state index contributed by atoms with van der Waals surface area (Å²) >= 11 is 0. The van der Waals surface area contributed by atoms with E-state index in [2.05, 4.69) is 5.32 Å². The normalized spacial score (nSPS) is 12.4. The summed E-state index contributed by atoms with van der Waals surface area (Å²) in [4.78, 5) is 22.8. The van der Waals surface area contributed by atoms with Gasteiger partial charge < -0.3 is 24.3 Å². The van der Waals surface area contributed by atoms with Gasteiger partial charge in [-0.05, 0) is 23.8 Å². The minimum absolute atomic E-state index is 0.197. The van der Waals surface area contributed by atoms with E-state index >= 15 is 0 Å². The molecular weight excluding hydrogens is 290 g/mol. The van der Waals surface area contributed by atoms with E-state index in [9.17, 15) is 9.59 Å². The molecule has 0 bridgehead atoms. The fourth-order valence-corrected chi connectivity index (χ4v) is 1.71. The average Bonchev–Trinajstić information content (AvgIpc) is 2.98. The van der Waals surface area contributed by atoms with E-state index in [0.717, 1.165) is 5.56 Å². The number of carbonyl (C=O) groups excluding carboxylic acids is 2. The Morgan fingerprint density at radius 2 is 2.14 bits per heavy atom. The fraction of sp³-hybridized carbons (Fsp3) is 0.333. The summed E-state index contributed by atoms with van der Waals surface area (Å²) in [6, 6.07) is 5.30. The highest BCUT2D eigenvalue weighted by Gasteiger charge is 2.12. The van der Waals surface area contributed by atoms with Gasteiger partial charge in [0.05, 0.1) is 6.61 Å². The van der Waals surface area contributed by atoms with Crippen LogP contribution in [0.2, 0.25) is 0 Å². The maximum Gasteiger partial charge on any atom is 0.331 e. The summed E-state index contributed by atoms with van der Waals surface area (Å²) in [5, 5.41) is 2.55. The van der Waals surface area contributed by atoms with Gasteiger partial charge in [-0.15, -0.1) is 0 Å². The predicted molar refractivity (Wildman–Crippen MR) is 77.4 cm³/mol. The first-order chi connectivity index (χ1) is 10.7. The van der Waals surface area contributed by atoms with Crippen molar-refractivity contribution in [2.75, 3.05) is 33.7 Å². The number of hydrogen-bond donors (Lipinski definition) is 1. The SMILES string of the molecule is COCCNC(=O)COC(=O)/C=C/c1ccc2c(c1)OCO2. The zero-order valence-corrected chi connectivity index (χ0v) is 12.2. The first kappa shape index (κ1) is 15.8. The number of nitrogens with one attached hydrogen (secondary N) is 1. The van der Waals surface area contributed by atoms with Gasteiger partial charge in [-0.1, -0.05) is 6.07 Å². The van der Waals surface area contributed by atoms with Gasteiger partial charge in [-0.3, -0.25) is 4.79 Å². The standard InChI is InChI=1S/C15H17NO6/c1-19-7-6-16-14(17)9-20-15(18)5-3-11-2-4-12-13(8-11)22-10-21-12/h2-5,8H,6-7,9-10H2,1H3,(H,16,17)/b5-3+. The van der Waals surface area contributed by atoms with Crippen LogP contribution in [0.1, 0.15) is 5.56 Å². The Morgan fingerprint density at radius 1 is 1.32 bits per heavy atom. The van der Waals surface area contributed by atoms with Crippen molar-refractivity contribution in [1.29, 1.82) is 0 Å². The Labute approximate surface area is 127 Å². The van der Waals surface area contributed by atoms with Crippen LogP contribution in [-0.4, -0.2) is 45.5 Å². The van der Waals surface area contributed by atoms with Crippen LogP contribution in [0.3, 0.4) is 0 Å². The predicted octanol–water partition coefficient (Wildman–Crippen LogP) is 0.734. The van der Waals surface area contributed by atoms with Crippen LogP contribution in [0.15, 0.2) is 24.3 Å². The molecule has 1 N–H and O–H groups in total. The minimum Gasteiger partial charge on any atom is -0.454 e. The lowest BCUT2D eigenvalue weighted by molar-refractivity contribution is -0.143. The molecule has 1 aromatic rings. The van der Waals surface area contributed by atoms with Crippen LogP contribution in [0.4, 0.5) is 0 Å². The number of benzene rings is 1. The Hall–Kier alpha value is -2.54. The van der Waals surface area contributed by atoms with Crippen molar-refractivity contribution in [3.05, 3.63) is 29.8 Å². The first-order valence-electron chi connectivity index (χ1n) is 6.69. The second kappa shape index (κ2) is 8.04. The summed E-state index contributed by atoms with van der Waals surface area (Å²) in [6.07, 6.45) is 2.83. The number of amides is 1. The third-order valence-corrected chi connectivity index (χ3v) is 2.78. The molecule has 1 aliphatic rings. The lowest BCUT2D eigenvalue weighted by Gasteiger charge is -2.04. The number of ether oxygens (including phenoxy) is 4. The minimum atomic E-state index is -0.598. The number of fused-ring (bicyclic) bond motifs is 1. The van der Waals surface area contributed by atoms with Crippen molar-refractivity contribution in [2.45, 2.75) is 0 Å². The lowest BCUT2D eigenvalue weighted by atomic mass is 10.2. The van der Waals surface area contributed by atoms with E-state index in [-0.39, 0.29) is 19.3 Å². The van der Waals surface area contributed by atoms with E-state index in [1.165, 1.54) is 13.2 Å². The molecule has 1 heterocycles. The molecule has 22 heavy (non-hydrogen) atoms. The Kier molecular flexibility index (Phi) is 5.79. The quantitative estimate of drug-likeness (QED) is 0.454. The van der Waals surface area contributed by atoms with E-state index in [4.69, 9.17) is 18.9 Å². The van der Waals surface area contributed by atoms with Crippen LogP contribution >= 0.6 is 0 Å². The molecule has 0 saturated heterocycles. The molecule has 7 heteroatoms. The van der Waals surface area contributed by atoms with Gasteiger partial charge >= 0.3 is 5.97 Å². The van der Waals surface area contributed by atoms with Gasteiger partial charge in [0, 0.05) is 19.7 Å². The maximum absolute atomic E-state index is 11.5. The monoisotopic (exact) mass is 307 g/mol. The molecular formula is C15H17NO6. The molecule has 0 aliphatic carbocycles. The molecule has 7 nitrogen and oxygen atoms in total. The largest absolute Gasteiger partial charge is 0.454 e.